The highest BCUT2D eigenvalue weighted by Crippen LogP contribution is 2.31. The molecule has 2 bridgehead atoms. The number of carbonyl (C=O) groups excluding carboxylic acids is 1. The Morgan fingerprint density at radius 3 is 2.46 bits per heavy atom. The van der Waals surface area contributed by atoms with Crippen molar-refractivity contribution in [3.63, 3.8) is 0 Å². The first-order valence-electron chi connectivity index (χ1n) is 9.75. The zero-order valence-corrected chi connectivity index (χ0v) is 18.2. The Bertz CT molecular complexity index is 796. The summed E-state index contributed by atoms with van der Waals surface area (Å²) in [5.41, 5.74) is 1.56. The molecule has 1 aromatic carbocycles. The Hall–Kier alpha value is -1.63. The van der Waals surface area contributed by atoms with Gasteiger partial charge in [0.15, 0.2) is 0 Å². The van der Waals surface area contributed by atoms with Crippen LogP contribution in [0.3, 0.4) is 0 Å². The monoisotopic (exact) mass is 421 g/mol. The van der Waals surface area contributed by atoms with Crippen LogP contribution < -0.4 is 10.1 Å². The van der Waals surface area contributed by atoms with Crippen molar-refractivity contribution in [1.29, 1.82) is 0 Å². The quantitative estimate of drug-likeness (QED) is 0.778. The molecule has 5 nitrogen and oxygen atoms in total. The van der Waals surface area contributed by atoms with Gasteiger partial charge in [0.1, 0.15) is 16.5 Å². The summed E-state index contributed by atoms with van der Waals surface area (Å²) in [7, 11) is 1.93. The molecule has 2 atom stereocenters. The number of fused-ring (bicyclic) bond motifs is 2. The predicted octanol–water partition coefficient (Wildman–Crippen LogP) is 4.37. The second-order valence-corrected chi connectivity index (χ2v) is 8.77. The number of benzene rings is 1. The van der Waals surface area contributed by atoms with E-state index < -0.39 is 0 Å². The van der Waals surface area contributed by atoms with E-state index in [0.29, 0.717) is 23.8 Å². The van der Waals surface area contributed by atoms with Gasteiger partial charge < -0.3 is 15.0 Å². The van der Waals surface area contributed by atoms with Crippen LogP contribution in [-0.2, 0) is 0 Å². The summed E-state index contributed by atoms with van der Waals surface area (Å²) in [6.45, 7) is 4.02. The Labute approximate surface area is 176 Å². The van der Waals surface area contributed by atoms with Crippen molar-refractivity contribution in [2.24, 2.45) is 0 Å². The maximum atomic E-state index is 12.9. The molecule has 0 radical (unpaired) electrons. The average Bonchev–Trinajstić information content (AvgIpc) is 3.27. The van der Waals surface area contributed by atoms with Crippen molar-refractivity contribution in [3.8, 4) is 16.3 Å². The number of hydrogen-bond donors (Lipinski definition) is 1. The number of nitrogens with one attached hydrogen (secondary N) is 1. The molecule has 28 heavy (non-hydrogen) atoms. The second-order valence-electron chi connectivity index (χ2n) is 7.91. The predicted molar refractivity (Wildman–Crippen MR) is 116 cm³/mol. The van der Waals surface area contributed by atoms with E-state index in [9.17, 15) is 4.79 Å². The minimum atomic E-state index is 0. The van der Waals surface area contributed by atoms with Crippen LogP contribution in [0.1, 0.15) is 50.0 Å². The fourth-order valence-corrected chi connectivity index (χ4v) is 4.94. The summed E-state index contributed by atoms with van der Waals surface area (Å²) in [6, 6.07) is 9.36. The number of halogens is 1. The first-order chi connectivity index (χ1) is 13.0. The van der Waals surface area contributed by atoms with Crippen molar-refractivity contribution < 1.29 is 9.53 Å². The summed E-state index contributed by atoms with van der Waals surface area (Å²) in [5.74, 6) is 0.880. The molecule has 2 saturated heterocycles. The molecule has 1 aromatic heterocycles. The van der Waals surface area contributed by atoms with E-state index in [2.05, 4.69) is 10.3 Å². The van der Waals surface area contributed by atoms with Crippen molar-refractivity contribution in [1.82, 2.24) is 15.2 Å². The summed E-state index contributed by atoms with van der Waals surface area (Å²) in [5, 5.41) is 6.38. The summed E-state index contributed by atoms with van der Waals surface area (Å²) in [6.07, 6.45) is 4.72. The first-order valence-corrected chi connectivity index (χ1v) is 10.6. The van der Waals surface area contributed by atoms with Gasteiger partial charge in [0.05, 0.1) is 6.10 Å². The maximum absolute atomic E-state index is 12.9. The summed E-state index contributed by atoms with van der Waals surface area (Å²) in [4.78, 5) is 19.4. The molecule has 0 saturated carbocycles. The molecule has 3 heterocycles. The van der Waals surface area contributed by atoms with E-state index in [0.717, 1.165) is 29.2 Å². The fraction of sp³-hybridized carbons (Fsp3) is 0.524. The number of hydrogen-bond acceptors (Lipinski definition) is 5. The molecule has 2 unspecified atom stereocenters. The normalized spacial score (nSPS) is 23.4. The lowest BCUT2D eigenvalue weighted by atomic mass is 9.98. The number of thiazole rings is 1. The van der Waals surface area contributed by atoms with Crippen molar-refractivity contribution >= 4 is 29.7 Å². The molecule has 2 fully saturated rings. The minimum absolute atomic E-state index is 0. The summed E-state index contributed by atoms with van der Waals surface area (Å²) < 4.78 is 5.69. The molecule has 2 aromatic rings. The van der Waals surface area contributed by atoms with Gasteiger partial charge in [-0.1, -0.05) is 0 Å². The third-order valence-corrected chi connectivity index (χ3v) is 6.40. The van der Waals surface area contributed by atoms with Crippen LogP contribution in [0.2, 0.25) is 0 Å². The van der Waals surface area contributed by atoms with Gasteiger partial charge in [-0.3, -0.25) is 4.79 Å². The van der Waals surface area contributed by atoms with Crippen molar-refractivity contribution in [3.05, 3.63) is 35.3 Å². The number of carbonyl (C=O) groups is 1. The lowest BCUT2D eigenvalue weighted by Gasteiger charge is -2.35. The highest BCUT2D eigenvalue weighted by molar-refractivity contribution is 7.13. The van der Waals surface area contributed by atoms with Crippen molar-refractivity contribution in [2.75, 3.05) is 7.05 Å². The third-order valence-electron chi connectivity index (χ3n) is 5.51. The Balaban J connectivity index is 0.00000225. The molecule has 2 aliphatic heterocycles. The second kappa shape index (κ2) is 8.80. The van der Waals surface area contributed by atoms with Gasteiger partial charge in [0, 0.05) is 36.1 Å². The van der Waals surface area contributed by atoms with Gasteiger partial charge in [-0.15, -0.1) is 23.7 Å². The Kier molecular flexibility index (Phi) is 6.63. The molecular weight excluding hydrogens is 394 g/mol. The molecule has 2 aliphatic rings. The Morgan fingerprint density at radius 1 is 1.21 bits per heavy atom. The van der Waals surface area contributed by atoms with Crippen LogP contribution in [0, 0.1) is 0 Å². The highest BCUT2D eigenvalue weighted by atomic mass is 35.5. The van der Waals surface area contributed by atoms with Gasteiger partial charge in [0.25, 0.3) is 5.91 Å². The fourth-order valence-electron chi connectivity index (χ4n) is 4.14. The zero-order valence-electron chi connectivity index (χ0n) is 16.6. The lowest BCUT2D eigenvalue weighted by Crippen LogP contribution is -2.48. The smallest absolute Gasteiger partial charge is 0.273 e. The number of aromatic nitrogens is 1. The molecule has 0 spiro atoms. The molecule has 1 amide bonds. The SMILES string of the molecule is CC(C)Oc1ccc(-c2nc(C(=O)N(C)C3CC4CCC(C3)N4)cs2)cc1.Cl. The van der Waals surface area contributed by atoms with E-state index in [4.69, 9.17) is 4.74 Å². The average molecular weight is 422 g/mol. The van der Waals surface area contributed by atoms with Crippen LogP contribution in [0.5, 0.6) is 5.75 Å². The van der Waals surface area contributed by atoms with E-state index in [1.807, 2.05) is 55.4 Å². The lowest BCUT2D eigenvalue weighted by molar-refractivity contribution is 0.0676. The minimum Gasteiger partial charge on any atom is -0.491 e. The van der Waals surface area contributed by atoms with Crippen LogP contribution >= 0.6 is 23.7 Å². The van der Waals surface area contributed by atoms with Gasteiger partial charge in [-0.25, -0.2) is 4.98 Å². The number of rotatable bonds is 5. The Morgan fingerprint density at radius 2 is 1.86 bits per heavy atom. The molecular formula is C21H28ClN3O2S. The van der Waals surface area contributed by atoms with Gasteiger partial charge in [0.2, 0.25) is 0 Å². The van der Waals surface area contributed by atoms with Crippen LogP contribution in [0.15, 0.2) is 29.6 Å². The third kappa shape index (κ3) is 4.50. The highest BCUT2D eigenvalue weighted by Gasteiger charge is 2.36. The van der Waals surface area contributed by atoms with Crippen molar-refractivity contribution in [2.45, 2.75) is 63.8 Å². The largest absolute Gasteiger partial charge is 0.491 e. The standard InChI is InChI=1S/C21H27N3O2S.ClH/c1-13(2)26-18-8-4-14(5-9-18)20-23-19(12-27-20)21(25)24(3)17-10-15-6-7-16(11-17)22-15;/h4-5,8-9,12-13,15-17,22H,6-7,10-11H2,1-3H3;1H. The number of nitrogens with zero attached hydrogens (tertiary/aromatic N) is 2. The van der Waals surface area contributed by atoms with Gasteiger partial charge >= 0.3 is 0 Å². The van der Waals surface area contributed by atoms with E-state index in [1.165, 1.54) is 24.2 Å². The van der Waals surface area contributed by atoms with Crippen LogP contribution in [0.4, 0.5) is 0 Å². The van der Waals surface area contributed by atoms with Gasteiger partial charge in [-0.05, 0) is 63.8 Å². The molecule has 4 rings (SSSR count). The molecule has 7 heteroatoms. The van der Waals surface area contributed by atoms with E-state index >= 15 is 0 Å². The van der Waals surface area contributed by atoms with Gasteiger partial charge in [-0.2, -0.15) is 0 Å². The van der Waals surface area contributed by atoms with E-state index in [1.54, 1.807) is 0 Å². The number of ether oxygens (including phenoxy) is 1. The topological polar surface area (TPSA) is 54.5 Å². The van der Waals surface area contributed by atoms with Crippen LogP contribution in [-0.4, -0.2) is 47.1 Å². The first kappa shape index (κ1) is 21.1. The molecule has 152 valence electrons. The number of piperidine rings is 1. The van der Waals surface area contributed by atoms with E-state index in [-0.39, 0.29) is 24.4 Å². The maximum Gasteiger partial charge on any atom is 0.273 e. The zero-order chi connectivity index (χ0) is 19.0. The van der Waals surface area contributed by atoms with Crippen LogP contribution in [0.25, 0.3) is 10.6 Å². The summed E-state index contributed by atoms with van der Waals surface area (Å²) >= 11 is 1.52. The molecule has 1 N–H and O–H groups in total. The molecule has 0 aliphatic carbocycles. The number of amides is 1.